The molecule has 2 heterocycles. The molecule has 3 aromatic rings. The minimum atomic E-state index is -0.700. The van der Waals surface area contributed by atoms with Crippen LogP contribution in [-0.2, 0) is 16.1 Å². The van der Waals surface area contributed by atoms with E-state index in [4.69, 9.17) is 16.3 Å². The summed E-state index contributed by atoms with van der Waals surface area (Å²) in [6.07, 6.45) is 0. The lowest BCUT2D eigenvalue weighted by Crippen LogP contribution is -2.28. The largest absolute Gasteiger partial charge is 0.507 e. The molecule has 5 nitrogen and oxygen atoms in total. The van der Waals surface area contributed by atoms with E-state index in [1.807, 2.05) is 29.6 Å². The average Bonchev–Trinajstić information content (AvgIpc) is 3.37. The van der Waals surface area contributed by atoms with Crippen LogP contribution in [0.3, 0.4) is 0 Å². The van der Waals surface area contributed by atoms with Gasteiger partial charge in [-0.1, -0.05) is 29.8 Å². The van der Waals surface area contributed by atoms with E-state index in [-0.39, 0.29) is 17.9 Å². The van der Waals surface area contributed by atoms with Gasteiger partial charge >= 0.3 is 0 Å². The number of methoxy groups -OCH3 is 1. The molecule has 7 heteroatoms. The van der Waals surface area contributed by atoms with Crippen molar-refractivity contribution in [2.24, 2.45) is 0 Å². The van der Waals surface area contributed by atoms with Crippen molar-refractivity contribution >= 4 is 40.4 Å². The van der Waals surface area contributed by atoms with Gasteiger partial charge in [0.25, 0.3) is 11.7 Å². The molecular formula is C23H18ClNO4S. The van der Waals surface area contributed by atoms with Gasteiger partial charge in [-0.25, -0.2) is 0 Å². The Morgan fingerprint density at radius 3 is 2.40 bits per heavy atom. The number of benzene rings is 2. The number of ketones is 1. The number of hydrogen-bond acceptors (Lipinski definition) is 5. The second-order valence-corrected chi connectivity index (χ2v) is 8.21. The molecular weight excluding hydrogens is 422 g/mol. The number of carbonyl (C=O) groups is 2. The third-order valence-electron chi connectivity index (χ3n) is 4.98. The van der Waals surface area contributed by atoms with Crippen molar-refractivity contribution in [3.05, 3.63) is 92.6 Å². The summed E-state index contributed by atoms with van der Waals surface area (Å²) in [6, 6.07) is 16.9. The lowest BCUT2D eigenvalue weighted by Gasteiger charge is -2.24. The molecule has 0 saturated carbocycles. The van der Waals surface area contributed by atoms with Crippen LogP contribution >= 0.6 is 22.9 Å². The summed E-state index contributed by atoms with van der Waals surface area (Å²) in [5.74, 6) is -0.840. The SMILES string of the molecule is COc1ccc(CN2C(=O)C(=O)/C(=C(\O)c3ccc(Cl)cc3)C2c2cccs2)cc1. The number of thiophene rings is 1. The monoisotopic (exact) mass is 439 g/mol. The third kappa shape index (κ3) is 3.72. The Morgan fingerprint density at radius 2 is 1.80 bits per heavy atom. The van der Waals surface area contributed by atoms with E-state index in [9.17, 15) is 14.7 Å². The Hall–Kier alpha value is -3.09. The van der Waals surface area contributed by atoms with Gasteiger partial charge in [0, 0.05) is 22.0 Å². The summed E-state index contributed by atoms with van der Waals surface area (Å²) in [7, 11) is 1.58. The number of halogens is 1. The van der Waals surface area contributed by atoms with E-state index in [0.29, 0.717) is 16.3 Å². The molecule has 0 radical (unpaired) electrons. The molecule has 1 amide bonds. The zero-order chi connectivity index (χ0) is 21.3. The molecule has 1 unspecified atom stereocenters. The number of carbonyl (C=O) groups excluding carboxylic acids is 2. The van der Waals surface area contributed by atoms with E-state index >= 15 is 0 Å². The predicted molar refractivity (Wildman–Crippen MR) is 117 cm³/mol. The van der Waals surface area contributed by atoms with Gasteiger partial charge in [-0.3, -0.25) is 9.59 Å². The highest BCUT2D eigenvalue weighted by molar-refractivity contribution is 7.10. The molecule has 1 N–H and O–H groups in total. The number of rotatable bonds is 5. The average molecular weight is 440 g/mol. The van der Waals surface area contributed by atoms with Crippen LogP contribution in [-0.4, -0.2) is 28.8 Å². The normalized spacial score (nSPS) is 18.1. The maximum absolute atomic E-state index is 12.9. The van der Waals surface area contributed by atoms with E-state index in [1.54, 1.807) is 43.5 Å². The zero-order valence-corrected chi connectivity index (χ0v) is 17.6. The van der Waals surface area contributed by atoms with Crippen molar-refractivity contribution in [2.75, 3.05) is 7.11 Å². The summed E-state index contributed by atoms with van der Waals surface area (Å²) in [4.78, 5) is 28.2. The van der Waals surface area contributed by atoms with Gasteiger partial charge in [-0.05, 0) is 53.4 Å². The van der Waals surface area contributed by atoms with Crippen LogP contribution in [0.15, 0.2) is 71.6 Å². The Kier molecular flexibility index (Phi) is 5.61. The van der Waals surface area contributed by atoms with Gasteiger partial charge in [0.05, 0.1) is 18.7 Å². The predicted octanol–water partition coefficient (Wildman–Crippen LogP) is 5.03. The van der Waals surface area contributed by atoms with E-state index in [0.717, 1.165) is 10.4 Å². The van der Waals surface area contributed by atoms with Crippen LogP contribution in [0.25, 0.3) is 5.76 Å². The fourth-order valence-corrected chi connectivity index (χ4v) is 4.45. The fraction of sp³-hybridized carbons (Fsp3) is 0.130. The van der Waals surface area contributed by atoms with Crippen molar-refractivity contribution in [3.8, 4) is 5.75 Å². The number of Topliss-reactive ketones (excluding diaryl/α,β-unsaturated/α-hetero) is 1. The molecule has 30 heavy (non-hydrogen) atoms. The minimum Gasteiger partial charge on any atom is -0.507 e. The van der Waals surface area contributed by atoms with Gasteiger partial charge in [-0.2, -0.15) is 0 Å². The first kappa shape index (κ1) is 20.2. The molecule has 2 aromatic carbocycles. The van der Waals surface area contributed by atoms with Gasteiger partial charge in [0.15, 0.2) is 0 Å². The molecule has 1 saturated heterocycles. The molecule has 1 aromatic heterocycles. The molecule has 0 spiro atoms. The number of nitrogens with zero attached hydrogens (tertiary/aromatic N) is 1. The topological polar surface area (TPSA) is 66.8 Å². The summed E-state index contributed by atoms with van der Waals surface area (Å²) < 4.78 is 5.18. The smallest absolute Gasteiger partial charge is 0.295 e. The lowest BCUT2D eigenvalue weighted by atomic mass is 10.00. The van der Waals surface area contributed by atoms with E-state index in [2.05, 4.69) is 0 Å². The molecule has 152 valence electrons. The number of likely N-dealkylation sites (tertiary alicyclic amines) is 1. The molecule has 4 rings (SSSR count). The number of amides is 1. The first-order valence-corrected chi connectivity index (χ1v) is 10.5. The summed E-state index contributed by atoms with van der Waals surface area (Å²) in [5.41, 5.74) is 1.37. The highest BCUT2D eigenvalue weighted by atomic mass is 35.5. The van der Waals surface area contributed by atoms with Gasteiger partial charge in [0.2, 0.25) is 0 Å². The standard InChI is InChI=1S/C23H18ClNO4S/c1-29-17-10-4-14(5-11-17)13-25-20(18-3-2-12-30-18)19(22(27)23(25)28)21(26)15-6-8-16(24)9-7-15/h2-12,20,26H,13H2,1H3/b21-19-. The van der Waals surface area contributed by atoms with Gasteiger partial charge < -0.3 is 14.7 Å². The van der Waals surface area contributed by atoms with Gasteiger partial charge in [0.1, 0.15) is 11.5 Å². The van der Waals surface area contributed by atoms with Crippen molar-refractivity contribution in [1.82, 2.24) is 4.90 Å². The Bertz CT molecular complexity index is 1110. The number of aliphatic hydroxyl groups excluding tert-OH is 1. The molecule has 1 aliphatic rings. The quantitative estimate of drug-likeness (QED) is 0.344. The highest BCUT2D eigenvalue weighted by Crippen LogP contribution is 2.42. The molecule has 0 bridgehead atoms. The van der Waals surface area contributed by atoms with Crippen LogP contribution in [0.4, 0.5) is 0 Å². The highest BCUT2D eigenvalue weighted by Gasteiger charge is 2.46. The Labute approximate surface area is 182 Å². The van der Waals surface area contributed by atoms with Crippen molar-refractivity contribution in [1.29, 1.82) is 0 Å². The third-order valence-corrected chi connectivity index (χ3v) is 6.16. The van der Waals surface area contributed by atoms with Crippen LogP contribution < -0.4 is 4.74 Å². The van der Waals surface area contributed by atoms with E-state index in [1.165, 1.54) is 16.2 Å². The molecule has 1 aliphatic heterocycles. The number of hydrogen-bond donors (Lipinski definition) is 1. The number of ether oxygens (including phenoxy) is 1. The molecule has 1 atom stereocenters. The fourth-order valence-electron chi connectivity index (χ4n) is 3.48. The van der Waals surface area contributed by atoms with Crippen LogP contribution in [0.5, 0.6) is 5.75 Å². The summed E-state index contributed by atoms with van der Waals surface area (Å²) in [6.45, 7) is 0.231. The van der Waals surface area contributed by atoms with E-state index < -0.39 is 17.7 Å². The van der Waals surface area contributed by atoms with Crippen LogP contribution in [0.1, 0.15) is 22.0 Å². The van der Waals surface area contributed by atoms with Crippen LogP contribution in [0, 0.1) is 0 Å². The van der Waals surface area contributed by atoms with Crippen LogP contribution in [0.2, 0.25) is 5.02 Å². The molecule has 0 aliphatic carbocycles. The Morgan fingerprint density at radius 1 is 1.10 bits per heavy atom. The molecule has 1 fully saturated rings. The lowest BCUT2D eigenvalue weighted by molar-refractivity contribution is -0.140. The first-order valence-electron chi connectivity index (χ1n) is 9.20. The van der Waals surface area contributed by atoms with Crippen molar-refractivity contribution in [3.63, 3.8) is 0 Å². The zero-order valence-electron chi connectivity index (χ0n) is 16.0. The van der Waals surface area contributed by atoms with Crippen molar-refractivity contribution < 1.29 is 19.4 Å². The maximum atomic E-state index is 12.9. The maximum Gasteiger partial charge on any atom is 0.295 e. The van der Waals surface area contributed by atoms with Gasteiger partial charge in [-0.15, -0.1) is 11.3 Å². The summed E-state index contributed by atoms with van der Waals surface area (Å²) >= 11 is 7.37. The first-order chi connectivity index (χ1) is 14.5. The second kappa shape index (κ2) is 8.34. The number of aliphatic hydroxyl groups is 1. The second-order valence-electron chi connectivity index (χ2n) is 6.80. The van der Waals surface area contributed by atoms with Crippen molar-refractivity contribution in [2.45, 2.75) is 12.6 Å². The minimum absolute atomic E-state index is 0.0817. The Balaban J connectivity index is 1.78. The summed E-state index contributed by atoms with van der Waals surface area (Å²) in [5, 5.41) is 13.3.